The summed E-state index contributed by atoms with van der Waals surface area (Å²) in [4.78, 5) is 10.8. The first-order chi connectivity index (χ1) is 10.7. The molecule has 0 aromatic carbocycles. The van der Waals surface area contributed by atoms with Crippen LogP contribution in [0.5, 0.6) is 0 Å². The quantitative estimate of drug-likeness (QED) is 0.374. The first-order valence-electron chi connectivity index (χ1n) is 10.1. The van der Waals surface area contributed by atoms with Gasteiger partial charge >= 0.3 is 0 Å². The summed E-state index contributed by atoms with van der Waals surface area (Å²) in [5, 5.41) is 0. The van der Waals surface area contributed by atoms with Gasteiger partial charge in [-0.2, -0.15) is 0 Å². The monoisotopic (exact) mass is 306 g/mol. The summed E-state index contributed by atoms with van der Waals surface area (Å²) in [6, 6.07) is 0. The lowest BCUT2D eigenvalue weighted by molar-refractivity contribution is -0.112. The van der Waals surface area contributed by atoms with Crippen molar-refractivity contribution in [1.29, 1.82) is 0 Å². The fraction of sp³-hybridized carbons (Fsp3) is 0.952. The average molecular weight is 307 g/mol. The Kier molecular flexibility index (Phi) is 7.97. The van der Waals surface area contributed by atoms with Gasteiger partial charge in [-0.3, -0.25) is 0 Å². The van der Waals surface area contributed by atoms with Crippen LogP contribution in [0, 0.1) is 29.6 Å². The van der Waals surface area contributed by atoms with E-state index in [4.69, 9.17) is 0 Å². The second-order valence-corrected chi connectivity index (χ2v) is 8.69. The lowest BCUT2D eigenvalue weighted by Crippen LogP contribution is -2.19. The predicted octanol–water partition coefficient (Wildman–Crippen LogP) is 6.40. The summed E-state index contributed by atoms with van der Waals surface area (Å²) in [7, 11) is 0. The molecule has 0 radical (unpaired) electrons. The molecule has 0 amide bonds. The number of rotatable bonds is 8. The van der Waals surface area contributed by atoms with E-state index in [0.717, 1.165) is 36.5 Å². The first-order valence-corrected chi connectivity index (χ1v) is 10.1. The van der Waals surface area contributed by atoms with E-state index >= 15 is 0 Å². The van der Waals surface area contributed by atoms with Gasteiger partial charge in [0.15, 0.2) is 0 Å². The fourth-order valence-electron chi connectivity index (χ4n) is 5.18. The highest BCUT2D eigenvalue weighted by Crippen LogP contribution is 2.36. The van der Waals surface area contributed by atoms with Crippen molar-refractivity contribution in [2.24, 2.45) is 29.6 Å². The lowest BCUT2D eigenvalue weighted by atomic mass is 9.75. The number of carbonyl (C=O) groups is 1. The SMILES string of the molecule is CC1CC(C)CC(CCCCCCC2CCC(C=O)CC2)C1. The van der Waals surface area contributed by atoms with E-state index in [2.05, 4.69) is 13.8 Å². The molecule has 0 aromatic heterocycles. The zero-order chi connectivity index (χ0) is 15.8. The summed E-state index contributed by atoms with van der Waals surface area (Å²) < 4.78 is 0. The molecular weight excluding hydrogens is 268 g/mol. The van der Waals surface area contributed by atoms with Crippen LogP contribution >= 0.6 is 0 Å². The van der Waals surface area contributed by atoms with E-state index in [9.17, 15) is 4.79 Å². The highest BCUT2D eigenvalue weighted by molar-refractivity contribution is 5.53. The predicted molar refractivity (Wildman–Crippen MR) is 94.9 cm³/mol. The lowest BCUT2D eigenvalue weighted by Gasteiger charge is -2.31. The van der Waals surface area contributed by atoms with Crippen LogP contribution in [0.4, 0.5) is 0 Å². The molecular formula is C21H38O. The molecule has 2 atom stereocenters. The van der Waals surface area contributed by atoms with Gasteiger partial charge in [-0.1, -0.05) is 52.4 Å². The minimum Gasteiger partial charge on any atom is -0.303 e. The molecule has 1 nitrogen and oxygen atoms in total. The van der Waals surface area contributed by atoms with Crippen LogP contribution < -0.4 is 0 Å². The number of unbranched alkanes of at least 4 members (excludes halogenated alkanes) is 3. The highest BCUT2D eigenvalue weighted by atomic mass is 16.1. The molecule has 2 unspecified atom stereocenters. The second-order valence-electron chi connectivity index (χ2n) is 8.69. The van der Waals surface area contributed by atoms with Crippen molar-refractivity contribution in [3.8, 4) is 0 Å². The molecule has 2 fully saturated rings. The topological polar surface area (TPSA) is 17.1 Å². The Bertz CT molecular complexity index is 293. The molecule has 0 spiro atoms. The summed E-state index contributed by atoms with van der Waals surface area (Å²) in [5.74, 6) is 4.27. The Hall–Kier alpha value is -0.330. The van der Waals surface area contributed by atoms with Gasteiger partial charge < -0.3 is 4.79 Å². The average Bonchev–Trinajstić information content (AvgIpc) is 2.50. The van der Waals surface area contributed by atoms with Crippen molar-refractivity contribution in [1.82, 2.24) is 0 Å². The summed E-state index contributed by atoms with van der Waals surface area (Å²) in [6.07, 6.45) is 19.2. The van der Waals surface area contributed by atoms with E-state index in [1.807, 2.05) is 0 Å². The molecule has 2 aliphatic carbocycles. The molecule has 0 aliphatic heterocycles. The molecule has 0 heterocycles. The zero-order valence-electron chi connectivity index (χ0n) is 15.1. The summed E-state index contributed by atoms with van der Waals surface area (Å²) in [6.45, 7) is 4.89. The molecule has 128 valence electrons. The standard InChI is InChI=1S/C21H38O/c1-17-13-18(2)15-21(14-17)8-6-4-3-5-7-19-9-11-20(16-22)12-10-19/h16-21H,3-15H2,1-2H3. The maximum absolute atomic E-state index is 10.8. The van der Waals surface area contributed by atoms with Crippen LogP contribution in [0.1, 0.15) is 97.3 Å². The third-order valence-corrected chi connectivity index (χ3v) is 6.33. The van der Waals surface area contributed by atoms with Gasteiger partial charge in [0.2, 0.25) is 0 Å². The van der Waals surface area contributed by atoms with Crippen LogP contribution in [0.3, 0.4) is 0 Å². The minimum atomic E-state index is 0.386. The number of carbonyl (C=O) groups excluding carboxylic acids is 1. The molecule has 1 heteroatoms. The zero-order valence-corrected chi connectivity index (χ0v) is 15.1. The van der Waals surface area contributed by atoms with E-state index in [0.29, 0.717) is 5.92 Å². The highest BCUT2D eigenvalue weighted by Gasteiger charge is 2.23. The minimum absolute atomic E-state index is 0.386. The van der Waals surface area contributed by atoms with Crippen molar-refractivity contribution >= 4 is 6.29 Å². The van der Waals surface area contributed by atoms with Crippen molar-refractivity contribution in [3.63, 3.8) is 0 Å². The maximum Gasteiger partial charge on any atom is 0.123 e. The van der Waals surface area contributed by atoms with E-state index in [-0.39, 0.29) is 0 Å². The van der Waals surface area contributed by atoms with E-state index < -0.39 is 0 Å². The normalized spacial score (nSPS) is 36.2. The Labute approximate surface area is 138 Å². The fourth-order valence-corrected chi connectivity index (χ4v) is 5.18. The van der Waals surface area contributed by atoms with Crippen molar-refractivity contribution < 1.29 is 4.79 Å². The number of hydrogen-bond acceptors (Lipinski definition) is 1. The smallest absolute Gasteiger partial charge is 0.123 e. The molecule has 2 saturated carbocycles. The van der Waals surface area contributed by atoms with Gasteiger partial charge in [0.1, 0.15) is 6.29 Å². The van der Waals surface area contributed by atoms with Gasteiger partial charge in [0, 0.05) is 5.92 Å². The van der Waals surface area contributed by atoms with Gasteiger partial charge in [-0.05, 0) is 68.6 Å². The Morgan fingerprint density at radius 3 is 1.82 bits per heavy atom. The molecule has 0 N–H and O–H groups in total. The first kappa shape index (κ1) is 18.0. The van der Waals surface area contributed by atoms with E-state index in [1.54, 1.807) is 0 Å². The number of aldehydes is 1. The van der Waals surface area contributed by atoms with Crippen LogP contribution in [-0.2, 0) is 4.79 Å². The van der Waals surface area contributed by atoms with Gasteiger partial charge in [-0.25, -0.2) is 0 Å². The largest absolute Gasteiger partial charge is 0.303 e. The van der Waals surface area contributed by atoms with E-state index in [1.165, 1.54) is 76.9 Å². The molecule has 2 aliphatic rings. The molecule has 0 aromatic rings. The van der Waals surface area contributed by atoms with Crippen LogP contribution in [-0.4, -0.2) is 6.29 Å². The van der Waals surface area contributed by atoms with Crippen LogP contribution in [0.2, 0.25) is 0 Å². The number of hydrogen-bond donors (Lipinski definition) is 0. The Balaban J connectivity index is 1.45. The van der Waals surface area contributed by atoms with Crippen LogP contribution in [0.15, 0.2) is 0 Å². The molecule has 0 saturated heterocycles. The van der Waals surface area contributed by atoms with Crippen LogP contribution in [0.25, 0.3) is 0 Å². The third kappa shape index (κ3) is 6.42. The third-order valence-electron chi connectivity index (χ3n) is 6.33. The van der Waals surface area contributed by atoms with Gasteiger partial charge in [-0.15, -0.1) is 0 Å². The molecule has 2 rings (SSSR count). The Morgan fingerprint density at radius 1 is 0.727 bits per heavy atom. The van der Waals surface area contributed by atoms with Crippen molar-refractivity contribution in [2.75, 3.05) is 0 Å². The van der Waals surface area contributed by atoms with Crippen molar-refractivity contribution in [3.05, 3.63) is 0 Å². The van der Waals surface area contributed by atoms with Gasteiger partial charge in [0.05, 0.1) is 0 Å². The molecule has 22 heavy (non-hydrogen) atoms. The van der Waals surface area contributed by atoms with Crippen molar-refractivity contribution in [2.45, 2.75) is 97.3 Å². The molecule has 0 bridgehead atoms. The maximum atomic E-state index is 10.8. The second kappa shape index (κ2) is 9.73. The van der Waals surface area contributed by atoms with Gasteiger partial charge in [0.25, 0.3) is 0 Å². The Morgan fingerprint density at radius 2 is 1.27 bits per heavy atom. The summed E-state index contributed by atoms with van der Waals surface area (Å²) in [5.41, 5.74) is 0. The summed E-state index contributed by atoms with van der Waals surface area (Å²) >= 11 is 0.